The van der Waals surface area contributed by atoms with Gasteiger partial charge < -0.3 is 13.9 Å². The molecule has 0 spiro atoms. The minimum atomic E-state index is -4.68. The van der Waals surface area contributed by atoms with Crippen LogP contribution in [0.1, 0.15) is 12.3 Å². The van der Waals surface area contributed by atoms with Crippen LogP contribution in [0.2, 0.25) is 0 Å². The van der Waals surface area contributed by atoms with E-state index in [9.17, 15) is 13.2 Å². The fraction of sp³-hybridized carbons (Fsp3) is 0.308. The van der Waals surface area contributed by atoms with E-state index in [2.05, 4.69) is 9.72 Å². The summed E-state index contributed by atoms with van der Waals surface area (Å²) in [5, 5.41) is 0. The van der Waals surface area contributed by atoms with E-state index in [4.69, 9.17) is 9.15 Å². The normalized spacial score (nSPS) is 11.3. The van der Waals surface area contributed by atoms with Crippen LogP contribution in [-0.4, -0.2) is 18.0 Å². The summed E-state index contributed by atoms with van der Waals surface area (Å²) in [7, 11) is 0. The number of benzene rings is 1. The highest BCUT2D eigenvalue weighted by molar-refractivity contribution is 5.31. The molecule has 0 atom stereocenters. The van der Waals surface area contributed by atoms with E-state index in [1.807, 2.05) is 0 Å². The van der Waals surface area contributed by atoms with Gasteiger partial charge in [0.15, 0.2) is 5.89 Å². The van der Waals surface area contributed by atoms with E-state index in [-0.39, 0.29) is 5.75 Å². The predicted molar refractivity (Wildman–Crippen MR) is 63.4 cm³/mol. The Hall–Kier alpha value is -2.18. The number of ether oxygens (including phenoxy) is 2. The summed E-state index contributed by atoms with van der Waals surface area (Å²) in [6.07, 6.45) is -0.285. The fourth-order valence-corrected chi connectivity index (χ4v) is 1.53. The number of oxazole rings is 1. The van der Waals surface area contributed by atoms with Crippen molar-refractivity contribution in [2.45, 2.75) is 19.2 Å². The fourth-order valence-electron chi connectivity index (χ4n) is 1.53. The van der Waals surface area contributed by atoms with Crippen molar-refractivity contribution < 1.29 is 27.1 Å². The minimum Gasteiger partial charge on any atom is -0.494 e. The largest absolute Gasteiger partial charge is 0.573 e. The number of alkyl halides is 3. The molecular formula is C13H12F3NO3. The molecule has 0 saturated heterocycles. The Balaban J connectivity index is 1.73. The molecule has 0 saturated carbocycles. The van der Waals surface area contributed by atoms with Crippen LogP contribution in [0.3, 0.4) is 0 Å². The first-order valence-corrected chi connectivity index (χ1v) is 5.90. The van der Waals surface area contributed by atoms with Gasteiger partial charge in [-0.2, -0.15) is 0 Å². The SMILES string of the molecule is FC(F)(F)Oc1ccc(OCCCc2ncco2)cc1. The summed E-state index contributed by atoms with van der Waals surface area (Å²) >= 11 is 0. The van der Waals surface area contributed by atoms with Crippen molar-refractivity contribution in [2.24, 2.45) is 0 Å². The lowest BCUT2D eigenvalue weighted by molar-refractivity contribution is -0.274. The molecule has 0 amide bonds. The maximum Gasteiger partial charge on any atom is 0.573 e. The van der Waals surface area contributed by atoms with E-state index < -0.39 is 6.36 Å². The molecule has 0 aliphatic heterocycles. The smallest absolute Gasteiger partial charge is 0.494 e. The third kappa shape index (κ3) is 4.83. The molecule has 7 heteroatoms. The van der Waals surface area contributed by atoms with Crippen LogP contribution < -0.4 is 9.47 Å². The summed E-state index contributed by atoms with van der Waals surface area (Å²) in [5.41, 5.74) is 0. The van der Waals surface area contributed by atoms with Crippen molar-refractivity contribution in [1.82, 2.24) is 4.98 Å². The number of hydrogen-bond donors (Lipinski definition) is 0. The molecule has 0 unspecified atom stereocenters. The highest BCUT2D eigenvalue weighted by atomic mass is 19.4. The molecule has 108 valence electrons. The van der Waals surface area contributed by atoms with Crippen molar-refractivity contribution in [3.8, 4) is 11.5 Å². The Bertz CT molecular complexity index is 509. The first-order valence-electron chi connectivity index (χ1n) is 5.90. The Morgan fingerprint density at radius 3 is 2.40 bits per heavy atom. The van der Waals surface area contributed by atoms with Gasteiger partial charge in [0.2, 0.25) is 0 Å². The first kappa shape index (κ1) is 14.2. The quantitative estimate of drug-likeness (QED) is 0.762. The second kappa shape index (κ2) is 6.31. The minimum absolute atomic E-state index is 0.273. The van der Waals surface area contributed by atoms with E-state index in [1.54, 1.807) is 6.20 Å². The van der Waals surface area contributed by atoms with Crippen molar-refractivity contribution >= 4 is 0 Å². The molecule has 0 N–H and O–H groups in total. The van der Waals surface area contributed by atoms with Gasteiger partial charge in [0, 0.05) is 6.42 Å². The van der Waals surface area contributed by atoms with Gasteiger partial charge in [0.1, 0.15) is 17.8 Å². The summed E-state index contributed by atoms with van der Waals surface area (Å²) in [6, 6.07) is 5.26. The van der Waals surface area contributed by atoms with Crippen LogP contribution >= 0.6 is 0 Å². The maximum absolute atomic E-state index is 12.0. The number of rotatable bonds is 6. The van der Waals surface area contributed by atoms with Gasteiger partial charge in [-0.3, -0.25) is 0 Å². The lowest BCUT2D eigenvalue weighted by Crippen LogP contribution is -2.16. The highest BCUT2D eigenvalue weighted by Gasteiger charge is 2.30. The van der Waals surface area contributed by atoms with Crippen molar-refractivity contribution in [1.29, 1.82) is 0 Å². The van der Waals surface area contributed by atoms with Crippen LogP contribution in [0.25, 0.3) is 0 Å². The lowest BCUT2D eigenvalue weighted by Gasteiger charge is -2.09. The average Bonchev–Trinajstić information content (AvgIpc) is 2.88. The van der Waals surface area contributed by atoms with Gasteiger partial charge >= 0.3 is 6.36 Å². The molecule has 1 aromatic heterocycles. The zero-order valence-electron chi connectivity index (χ0n) is 10.4. The number of aryl methyl sites for hydroxylation is 1. The second-order valence-corrected chi connectivity index (χ2v) is 3.90. The molecule has 1 heterocycles. The van der Waals surface area contributed by atoms with E-state index >= 15 is 0 Å². The molecule has 2 rings (SSSR count). The second-order valence-electron chi connectivity index (χ2n) is 3.90. The molecule has 0 radical (unpaired) electrons. The van der Waals surface area contributed by atoms with Crippen molar-refractivity contribution in [3.63, 3.8) is 0 Å². The van der Waals surface area contributed by atoms with E-state index in [0.717, 1.165) is 0 Å². The zero-order chi connectivity index (χ0) is 14.4. The Morgan fingerprint density at radius 2 is 1.80 bits per heavy atom. The molecular weight excluding hydrogens is 275 g/mol. The molecule has 2 aromatic rings. The van der Waals surface area contributed by atoms with Gasteiger partial charge in [-0.25, -0.2) is 4.98 Å². The molecule has 0 bridgehead atoms. The first-order chi connectivity index (χ1) is 9.53. The number of nitrogens with zero attached hydrogens (tertiary/aromatic N) is 1. The van der Waals surface area contributed by atoms with E-state index in [1.165, 1.54) is 30.5 Å². The number of hydrogen-bond acceptors (Lipinski definition) is 4. The molecule has 1 aromatic carbocycles. The average molecular weight is 287 g/mol. The molecule has 20 heavy (non-hydrogen) atoms. The summed E-state index contributed by atoms with van der Waals surface area (Å²) in [6.45, 7) is 0.419. The van der Waals surface area contributed by atoms with Crippen LogP contribution in [0, 0.1) is 0 Å². The van der Waals surface area contributed by atoms with Crippen molar-refractivity contribution in [3.05, 3.63) is 42.6 Å². The number of aromatic nitrogens is 1. The van der Waals surface area contributed by atoms with Crippen LogP contribution in [0.4, 0.5) is 13.2 Å². The molecule has 4 nitrogen and oxygen atoms in total. The Morgan fingerprint density at radius 1 is 1.10 bits per heavy atom. The van der Waals surface area contributed by atoms with Crippen LogP contribution in [-0.2, 0) is 6.42 Å². The Labute approximate surface area is 113 Å². The predicted octanol–water partition coefficient (Wildman–Crippen LogP) is 3.58. The standard InChI is InChI=1S/C13H12F3NO3/c14-13(15,16)20-11-5-3-10(4-6-11)18-8-1-2-12-17-7-9-19-12/h3-7,9H,1-2,8H2. The van der Waals surface area contributed by atoms with Crippen molar-refractivity contribution in [2.75, 3.05) is 6.61 Å². The summed E-state index contributed by atoms with van der Waals surface area (Å²) in [5.74, 6) is 0.832. The van der Waals surface area contributed by atoms with Gasteiger partial charge in [0.25, 0.3) is 0 Å². The lowest BCUT2D eigenvalue weighted by atomic mass is 10.3. The highest BCUT2D eigenvalue weighted by Crippen LogP contribution is 2.24. The molecule has 0 fully saturated rings. The number of halogens is 3. The third-order valence-electron chi connectivity index (χ3n) is 2.34. The summed E-state index contributed by atoms with van der Waals surface area (Å²) < 4.78 is 50.1. The van der Waals surface area contributed by atoms with E-state index in [0.29, 0.717) is 31.1 Å². The van der Waals surface area contributed by atoms with Gasteiger partial charge in [-0.1, -0.05) is 0 Å². The topological polar surface area (TPSA) is 44.5 Å². The summed E-state index contributed by atoms with van der Waals surface area (Å²) in [4.78, 5) is 3.96. The van der Waals surface area contributed by atoms with Gasteiger partial charge in [-0.15, -0.1) is 13.2 Å². The Kier molecular flexibility index (Phi) is 4.49. The maximum atomic E-state index is 12.0. The third-order valence-corrected chi connectivity index (χ3v) is 2.34. The van der Waals surface area contributed by atoms with Crippen LogP contribution in [0.5, 0.6) is 11.5 Å². The van der Waals surface area contributed by atoms with Gasteiger partial charge in [-0.05, 0) is 30.7 Å². The van der Waals surface area contributed by atoms with Gasteiger partial charge in [0.05, 0.1) is 12.8 Å². The monoisotopic (exact) mass is 287 g/mol. The molecule has 0 aliphatic carbocycles. The zero-order valence-corrected chi connectivity index (χ0v) is 10.4. The molecule has 0 aliphatic rings. The van der Waals surface area contributed by atoms with Crippen LogP contribution in [0.15, 0.2) is 41.1 Å².